The van der Waals surface area contributed by atoms with Crippen molar-refractivity contribution in [2.75, 3.05) is 0 Å². The van der Waals surface area contributed by atoms with Crippen molar-refractivity contribution in [1.29, 1.82) is 0 Å². The molecule has 12 aromatic rings. The van der Waals surface area contributed by atoms with Gasteiger partial charge in [-0.1, -0.05) is 133 Å². The van der Waals surface area contributed by atoms with Gasteiger partial charge in [-0.15, -0.1) is 0 Å². The number of hydrogen-bond donors (Lipinski definition) is 0. The number of hydrogen-bond acceptors (Lipinski definition) is 5. The van der Waals surface area contributed by atoms with Gasteiger partial charge in [-0.05, 0) is 48.0 Å². The molecule has 12 rings (SSSR count). The van der Waals surface area contributed by atoms with Crippen molar-refractivity contribution in [2.45, 2.75) is 0 Å². The van der Waals surface area contributed by atoms with E-state index < -0.39 is 0 Å². The molecule has 0 N–H and O–H groups in total. The number of furan rings is 2. The maximum Gasteiger partial charge on any atom is 0.164 e. The van der Waals surface area contributed by atoms with E-state index in [4.69, 9.17) is 23.8 Å². The molecule has 0 fully saturated rings. The minimum atomic E-state index is 0.575. The minimum Gasteiger partial charge on any atom is -0.455 e. The van der Waals surface area contributed by atoms with Crippen LogP contribution >= 0.6 is 0 Å². The van der Waals surface area contributed by atoms with Crippen LogP contribution in [-0.2, 0) is 0 Å². The molecule has 266 valence electrons. The van der Waals surface area contributed by atoms with Crippen molar-refractivity contribution in [3.63, 3.8) is 0 Å². The standard InChI is InChI=1S/C51H30N4O2/c1-4-14-31(15-5-1)40-30-41-38-26-24-34(51-53-49(32-16-6-2-7-17-32)52-50(54-51)33-18-8-3-9-19-33)28-44(38)56-48(41)46-39-27-25-35(29-45(39)57-47(40)46)55-42-22-12-10-20-36(42)37-21-11-13-23-43(37)55/h1-30H. The molecule has 0 atom stereocenters. The first kappa shape index (κ1) is 31.5. The quantitative estimate of drug-likeness (QED) is 0.176. The van der Waals surface area contributed by atoms with E-state index in [-0.39, 0.29) is 0 Å². The normalized spacial score (nSPS) is 11.9. The molecule has 0 aliphatic rings. The molecule has 0 saturated carbocycles. The summed E-state index contributed by atoms with van der Waals surface area (Å²) in [5.41, 5.74) is 11.2. The van der Waals surface area contributed by atoms with Gasteiger partial charge >= 0.3 is 0 Å². The van der Waals surface area contributed by atoms with Gasteiger partial charge in [-0.3, -0.25) is 0 Å². The fourth-order valence-corrected chi connectivity index (χ4v) is 8.40. The first-order chi connectivity index (χ1) is 28.2. The Hall–Kier alpha value is -7.83. The summed E-state index contributed by atoms with van der Waals surface area (Å²) < 4.78 is 16.1. The lowest BCUT2D eigenvalue weighted by Gasteiger charge is -2.08. The smallest absolute Gasteiger partial charge is 0.164 e. The molecule has 0 amide bonds. The first-order valence-corrected chi connectivity index (χ1v) is 19.0. The second-order valence-electron chi connectivity index (χ2n) is 14.4. The van der Waals surface area contributed by atoms with E-state index in [1.807, 2.05) is 72.8 Å². The molecule has 0 bridgehead atoms. The summed E-state index contributed by atoms with van der Waals surface area (Å²) in [5.74, 6) is 1.80. The van der Waals surface area contributed by atoms with E-state index in [0.29, 0.717) is 17.5 Å². The molecule has 4 aromatic heterocycles. The van der Waals surface area contributed by atoms with Gasteiger partial charge in [0.2, 0.25) is 0 Å². The second kappa shape index (κ2) is 12.3. The van der Waals surface area contributed by atoms with Crippen molar-refractivity contribution in [3.05, 3.63) is 182 Å². The number of rotatable bonds is 5. The highest BCUT2D eigenvalue weighted by Gasteiger charge is 2.23. The predicted octanol–water partition coefficient (Wildman–Crippen LogP) is 13.4. The van der Waals surface area contributed by atoms with E-state index in [1.54, 1.807) is 0 Å². The molecule has 6 heteroatoms. The molecule has 0 saturated heterocycles. The third-order valence-corrected chi connectivity index (χ3v) is 11.0. The third kappa shape index (κ3) is 4.94. The lowest BCUT2D eigenvalue weighted by molar-refractivity contribution is 0.663. The summed E-state index contributed by atoms with van der Waals surface area (Å²) in [6, 6.07) is 62.6. The molecule has 8 aromatic carbocycles. The minimum absolute atomic E-state index is 0.575. The van der Waals surface area contributed by atoms with Crippen LogP contribution in [0.5, 0.6) is 0 Å². The summed E-state index contributed by atoms with van der Waals surface area (Å²) in [5, 5.41) is 6.40. The van der Waals surface area contributed by atoms with Gasteiger partial charge in [-0.25, -0.2) is 15.0 Å². The largest absolute Gasteiger partial charge is 0.455 e. The lowest BCUT2D eigenvalue weighted by atomic mass is 9.98. The zero-order chi connectivity index (χ0) is 37.5. The van der Waals surface area contributed by atoms with Crippen LogP contribution < -0.4 is 0 Å². The number of nitrogens with zero attached hydrogens (tertiary/aromatic N) is 4. The molecule has 0 aliphatic carbocycles. The van der Waals surface area contributed by atoms with Gasteiger partial charge in [0.05, 0.1) is 16.4 Å². The predicted molar refractivity (Wildman–Crippen MR) is 230 cm³/mol. The van der Waals surface area contributed by atoms with Crippen LogP contribution in [-0.4, -0.2) is 19.5 Å². The molecule has 0 aliphatic heterocycles. The van der Waals surface area contributed by atoms with Crippen LogP contribution in [0.2, 0.25) is 0 Å². The lowest BCUT2D eigenvalue weighted by Crippen LogP contribution is -2.00. The molecule has 0 spiro atoms. The highest BCUT2D eigenvalue weighted by Crippen LogP contribution is 2.45. The Morgan fingerprint density at radius 2 is 0.860 bits per heavy atom. The Morgan fingerprint density at radius 3 is 1.49 bits per heavy atom. The van der Waals surface area contributed by atoms with Crippen LogP contribution in [0.25, 0.3) is 117 Å². The van der Waals surface area contributed by atoms with Crippen LogP contribution in [0.15, 0.2) is 191 Å². The zero-order valence-corrected chi connectivity index (χ0v) is 30.4. The van der Waals surface area contributed by atoms with Gasteiger partial charge in [0.1, 0.15) is 22.3 Å². The number of fused-ring (bicyclic) bond motifs is 10. The third-order valence-electron chi connectivity index (χ3n) is 11.0. The van der Waals surface area contributed by atoms with Crippen molar-refractivity contribution < 1.29 is 8.83 Å². The Labute approximate surface area is 325 Å². The van der Waals surface area contributed by atoms with Crippen molar-refractivity contribution in [2.24, 2.45) is 0 Å². The van der Waals surface area contributed by atoms with Crippen LogP contribution in [0.3, 0.4) is 0 Å². The van der Waals surface area contributed by atoms with Gasteiger partial charge < -0.3 is 13.4 Å². The van der Waals surface area contributed by atoms with Crippen LogP contribution in [0.4, 0.5) is 0 Å². The van der Waals surface area contributed by atoms with E-state index in [9.17, 15) is 0 Å². The van der Waals surface area contributed by atoms with Crippen LogP contribution in [0, 0.1) is 0 Å². The molecular weight excluding hydrogens is 701 g/mol. The zero-order valence-electron chi connectivity index (χ0n) is 30.4. The topological polar surface area (TPSA) is 69.9 Å². The summed E-state index contributed by atoms with van der Waals surface area (Å²) in [7, 11) is 0. The van der Waals surface area contributed by atoms with Crippen molar-refractivity contribution >= 4 is 65.7 Å². The van der Waals surface area contributed by atoms with E-state index in [0.717, 1.165) is 88.4 Å². The fraction of sp³-hybridized carbons (Fsp3) is 0. The molecule has 6 nitrogen and oxygen atoms in total. The highest BCUT2D eigenvalue weighted by molar-refractivity contribution is 6.25. The summed E-state index contributed by atoms with van der Waals surface area (Å²) in [6.45, 7) is 0. The Morgan fingerprint density at radius 1 is 0.351 bits per heavy atom. The van der Waals surface area contributed by atoms with E-state index in [2.05, 4.69) is 114 Å². The molecule has 0 radical (unpaired) electrons. The summed E-state index contributed by atoms with van der Waals surface area (Å²) in [6.07, 6.45) is 0. The number of benzene rings is 8. The molecule has 57 heavy (non-hydrogen) atoms. The van der Waals surface area contributed by atoms with E-state index in [1.165, 1.54) is 10.8 Å². The van der Waals surface area contributed by atoms with Gasteiger partial charge in [-0.2, -0.15) is 0 Å². The molecule has 0 unspecified atom stereocenters. The first-order valence-electron chi connectivity index (χ1n) is 19.0. The van der Waals surface area contributed by atoms with Crippen molar-refractivity contribution in [1.82, 2.24) is 19.5 Å². The van der Waals surface area contributed by atoms with Crippen LogP contribution in [0.1, 0.15) is 0 Å². The SMILES string of the molecule is c1ccc(-c2nc(-c3ccccc3)nc(-c3ccc4c(c3)oc3c4cc(-c4ccccc4)c4oc5cc(-n6c7ccccc7c7ccccc76)ccc5c43)n2)cc1. The van der Waals surface area contributed by atoms with Gasteiger partial charge in [0, 0.05) is 60.9 Å². The second-order valence-corrected chi connectivity index (χ2v) is 14.4. The average molecular weight is 731 g/mol. The van der Waals surface area contributed by atoms with Gasteiger partial charge in [0.15, 0.2) is 17.5 Å². The number of aromatic nitrogens is 4. The summed E-state index contributed by atoms with van der Waals surface area (Å²) in [4.78, 5) is 14.9. The fourth-order valence-electron chi connectivity index (χ4n) is 8.40. The van der Waals surface area contributed by atoms with E-state index >= 15 is 0 Å². The summed E-state index contributed by atoms with van der Waals surface area (Å²) >= 11 is 0. The maximum atomic E-state index is 6.91. The molecular formula is C51H30N4O2. The van der Waals surface area contributed by atoms with Crippen molar-refractivity contribution in [3.8, 4) is 51.0 Å². The Kier molecular flexibility index (Phi) is 6.83. The Balaban J connectivity index is 1.08. The highest BCUT2D eigenvalue weighted by atomic mass is 16.3. The maximum absolute atomic E-state index is 6.91. The monoisotopic (exact) mass is 730 g/mol. The van der Waals surface area contributed by atoms with Gasteiger partial charge in [0.25, 0.3) is 0 Å². The number of para-hydroxylation sites is 2. The Bertz CT molecular complexity index is 3400. The average Bonchev–Trinajstić information content (AvgIpc) is 3.96. The molecule has 4 heterocycles.